The first kappa shape index (κ1) is 15.9. The van der Waals surface area contributed by atoms with Gasteiger partial charge in [-0.2, -0.15) is 0 Å². The SMILES string of the molecule is CCNc1ccc(Cl)c(COc2cc(C)c(Cl)c(C)c2)n1. The van der Waals surface area contributed by atoms with E-state index < -0.39 is 0 Å². The molecule has 0 unspecified atom stereocenters. The average Bonchev–Trinajstić information content (AvgIpc) is 2.45. The number of nitrogens with zero attached hydrogens (tertiary/aromatic N) is 1. The summed E-state index contributed by atoms with van der Waals surface area (Å²) in [4.78, 5) is 4.45. The molecule has 0 saturated heterocycles. The molecular formula is C16H18Cl2N2O. The van der Waals surface area contributed by atoms with Crippen molar-refractivity contribution in [3.8, 4) is 5.75 Å². The lowest BCUT2D eigenvalue weighted by Crippen LogP contribution is -2.04. The van der Waals surface area contributed by atoms with E-state index in [9.17, 15) is 0 Å². The maximum atomic E-state index is 6.16. The van der Waals surface area contributed by atoms with Crippen molar-refractivity contribution >= 4 is 29.0 Å². The Kier molecular flexibility index (Phi) is 5.32. The van der Waals surface area contributed by atoms with E-state index in [-0.39, 0.29) is 0 Å². The average molecular weight is 325 g/mol. The second kappa shape index (κ2) is 7.01. The Morgan fingerprint density at radius 3 is 2.43 bits per heavy atom. The number of anilines is 1. The zero-order valence-corrected chi connectivity index (χ0v) is 13.8. The summed E-state index contributed by atoms with van der Waals surface area (Å²) in [6, 6.07) is 7.50. The molecular weight excluding hydrogens is 307 g/mol. The van der Waals surface area contributed by atoms with Crippen molar-refractivity contribution in [2.45, 2.75) is 27.4 Å². The zero-order chi connectivity index (χ0) is 15.4. The first-order valence-corrected chi connectivity index (χ1v) is 7.55. The van der Waals surface area contributed by atoms with E-state index in [1.165, 1.54) is 0 Å². The van der Waals surface area contributed by atoms with Crippen LogP contribution in [0.2, 0.25) is 10.0 Å². The van der Waals surface area contributed by atoms with Gasteiger partial charge in [0.1, 0.15) is 18.2 Å². The first-order chi connectivity index (χ1) is 10.0. The van der Waals surface area contributed by atoms with Crippen LogP contribution in [0.4, 0.5) is 5.82 Å². The van der Waals surface area contributed by atoms with Gasteiger partial charge in [-0.15, -0.1) is 0 Å². The molecule has 2 rings (SSSR count). The molecule has 1 N–H and O–H groups in total. The van der Waals surface area contributed by atoms with Crippen LogP contribution in [0.15, 0.2) is 24.3 Å². The predicted molar refractivity (Wildman–Crippen MR) is 88.7 cm³/mol. The summed E-state index contributed by atoms with van der Waals surface area (Å²) in [5, 5.41) is 4.52. The van der Waals surface area contributed by atoms with Crippen molar-refractivity contribution in [1.82, 2.24) is 4.98 Å². The van der Waals surface area contributed by atoms with Crippen LogP contribution in [0, 0.1) is 13.8 Å². The number of benzene rings is 1. The Morgan fingerprint density at radius 2 is 1.81 bits per heavy atom. The van der Waals surface area contributed by atoms with Gasteiger partial charge in [-0.1, -0.05) is 23.2 Å². The van der Waals surface area contributed by atoms with Gasteiger partial charge in [-0.25, -0.2) is 4.98 Å². The first-order valence-electron chi connectivity index (χ1n) is 6.80. The van der Waals surface area contributed by atoms with Crippen LogP contribution in [0.25, 0.3) is 0 Å². The Balaban J connectivity index is 2.14. The molecule has 0 aliphatic rings. The van der Waals surface area contributed by atoms with E-state index in [0.29, 0.717) is 17.3 Å². The molecule has 0 atom stereocenters. The number of aryl methyl sites for hydroxylation is 2. The highest BCUT2D eigenvalue weighted by Crippen LogP contribution is 2.27. The molecule has 21 heavy (non-hydrogen) atoms. The van der Waals surface area contributed by atoms with Gasteiger partial charge in [0.25, 0.3) is 0 Å². The van der Waals surface area contributed by atoms with Gasteiger partial charge >= 0.3 is 0 Å². The number of halogens is 2. The molecule has 0 aliphatic carbocycles. The lowest BCUT2D eigenvalue weighted by atomic mass is 10.1. The molecule has 0 spiro atoms. The molecule has 0 radical (unpaired) electrons. The van der Waals surface area contributed by atoms with Crippen LogP contribution in [-0.4, -0.2) is 11.5 Å². The third-order valence-corrected chi connectivity index (χ3v) is 4.00. The summed E-state index contributed by atoms with van der Waals surface area (Å²) < 4.78 is 5.79. The Morgan fingerprint density at radius 1 is 1.14 bits per heavy atom. The van der Waals surface area contributed by atoms with Gasteiger partial charge in [0.15, 0.2) is 0 Å². The van der Waals surface area contributed by atoms with E-state index in [1.807, 2.05) is 45.0 Å². The van der Waals surface area contributed by atoms with Gasteiger partial charge in [0.05, 0.1) is 10.7 Å². The molecule has 1 aromatic carbocycles. The minimum atomic E-state index is 0.318. The smallest absolute Gasteiger partial charge is 0.132 e. The van der Waals surface area contributed by atoms with Crippen molar-refractivity contribution in [1.29, 1.82) is 0 Å². The molecule has 2 aromatic rings. The van der Waals surface area contributed by atoms with Crippen LogP contribution in [0.5, 0.6) is 5.75 Å². The van der Waals surface area contributed by atoms with Crippen molar-refractivity contribution in [2.24, 2.45) is 0 Å². The maximum absolute atomic E-state index is 6.16. The van der Waals surface area contributed by atoms with E-state index in [2.05, 4.69) is 10.3 Å². The van der Waals surface area contributed by atoms with Crippen LogP contribution in [0.3, 0.4) is 0 Å². The summed E-state index contributed by atoms with van der Waals surface area (Å²) in [6.07, 6.45) is 0. The minimum absolute atomic E-state index is 0.318. The third kappa shape index (κ3) is 4.02. The van der Waals surface area contributed by atoms with Crippen LogP contribution in [0.1, 0.15) is 23.7 Å². The lowest BCUT2D eigenvalue weighted by Gasteiger charge is -2.11. The minimum Gasteiger partial charge on any atom is -0.487 e. The number of hydrogen-bond donors (Lipinski definition) is 1. The van der Waals surface area contributed by atoms with E-state index in [0.717, 1.165) is 34.3 Å². The van der Waals surface area contributed by atoms with Gasteiger partial charge in [0.2, 0.25) is 0 Å². The highest BCUT2D eigenvalue weighted by atomic mass is 35.5. The van der Waals surface area contributed by atoms with E-state index in [4.69, 9.17) is 27.9 Å². The summed E-state index contributed by atoms with van der Waals surface area (Å²) in [5.74, 6) is 1.56. The fourth-order valence-corrected chi connectivity index (χ4v) is 2.28. The zero-order valence-electron chi connectivity index (χ0n) is 12.3. The molecule has 0 aliphatic heterocycles. The molecule has 3 nitrogen and oxygen atoms in total. The fourth-order valence-electron chi connectivity index (χ4n) is 2.01. The second-order valence-corrected chi connectivity index (χ2v) is 5.60. The Hall–Kier alpha value is -1.45. The van der Waals surface area contributed by atoms with Gasteiger partial charge in [-0.3, -0.25) is 0 Å². The van der Waals surface area contributed by atoms with Gasteiger partial charge in [-0.05, 0) is 56.2 Å². The number of hydrogen-bond acceptors (Lipinski definition) is 3. The van der Waals surface area contributed by atoms with Crippen LogP contribution >= 0.6 is 23.2 Å². The summed E-state index contributed by atoms with van der Waals surface area (Å²) in [7, 11) is 0. The van der Waals surface area contributed by atoms with Crippen molar-refractivity contribution in [2.75, 3.05) is 11.9 Å². The molecule has 0 saturated carbocycles. The molecule has 0 bridgehead atoms. The van der Waals surface area contributed by atoms with E-state index >= 15 is 0 Å². The topological polar surface area (TPSA) is 34.1 Å². The molecule has 0 fully saturated rings. The van der Waals surface area contributed by atoms with Crippen molar-refractivity contribution < 1.29 is 4.74 Å². The number of ether oxygens (including phenoxy) is 1. The van der Waals surface area contributed by atoms with Crippen LogP contribution < -0.4 is 10.1 Å². The van der Waals surface area contributed by atoms with Crippen LogP contribution in [-0.2, 0) is 6.61 Å². The normalized spacial score (nSPS) is 10.5. The predicted octanol–water partition coefficient (Wildman–Crippen LogP) is 5.02. The second-order valence-electron chi connectivity index (χ2n) is 4.82. The van der Waals surface area contributed by atoms with Gasteiger partial charge in [0, 0.05) is 11.6 Å². The Bertz CT molecular complexity index is 621. The Labute approximate surface area is 135 Å². The van der Waals surface area contributed by atoms with Crippen molar-refractivity contribution in [3.05, 3.63) is 51.1 Å². The highest BCUT2D eigenvalue weighted by molar-refractivity contribution is 6.32. The standard InChI is InChI=1S/C16H18Cl2N2O/c1-4-19-15-6-5-13(17)14(20-15)9-21-12-7-10(2)16(18)11(3)8-12/h5-8H,4,9H2,1-3H3,(H,19,20). The summed E-state index contributed by atoms with van der Waals surface area (Å²) >= 11 is 12.3. The maximum Gasteiger partial charge on any atom is 0.132 e. The number of pyridine rings is 1. The highest BCUT2D eigenvalue weighted by Gasteiger charge is 2.07. The number of aromatic nitrogens is 1. The molecule has 1 heterocycles. The molecule has 1 aromatic heterocycles. The summed E-state index contributed by atoms with van der Waals surface area (Å²) in [5.41, 5.74) is 2.69. The fraction of sp³-hybridized carbons (Fsp3) is 0.312. The third-order valence-electron chi connectivity index (χ3n) is 3.06. The lowest BCUT2D eigenvalue weighted by molar-refractivity contribution is 0.301. The van der Waals surface area contributed by atoms with Crippen molar-refractivity contribution in [3.63, 3.8) is 0 Å². The molecule has 5 heteroatoms. The number of nitrogens with one attached hydrogen (secondary N) is 1. The van der Waals surface area contributed by atoms with E-state index in [1.54, 1.807) is 0 Å². The summed E-state index contributed by atoms with van der Waals surface area (Å²) in [6.45, 7) is 7.06. The monoisotopic (exact) mass is 324 g/mol. The largest absolute Gasteiger partial charge is 0.487 e. The molecule has 112 valence electrons. The quantitative estimate of drug-likeness (QED) is 0.838. The van der Waals surface area contributed by atoms with Gasteiger partial charge < -0.3 is 10.1 Å². The number of rotatable bonds is 5. The molecule has 0 amide bonds.